The number of rotatable bonds is 6. The quantitative estimate of drug-likeness (QED) is 0.168. The van der Waals surface area contributed by atoms with Crippen LogP contribution in [0.3, 0.4) is 0 Å². The van der Waals surface area contributed by atoms with Gasteiger partial charge in [-0.2, -0.15) is 0 Å². The Hall–Kier alpha value is -7.76. The summed E-state index contributed by atoms with van der Waals surface area (Å²) < 4.78 is 20.4. The first-order chi connectivity index (χ1) is 29.9. The lowest BCUT2D eigenvalue weighted by Crippen LogP contribution is -2.11. The van der Waals surface area contributed by atoms with E-state index in [1.807, 2.05) is 24.3 Å². The molecular formula is C56H40N2O3. The van der Waals surface area contributed by atoms with E-state index in [1.165, 1.54) is 22.3 Å². The van der Waals surface area contributed by atoms with Gasteiger partial charge in [-0.05, 0) is 116 Å². The fraction of sp³-hybridized carbons (Fsp3) is 0.0714. The third-order valence-corrected chi connectivity index (χ3v) is 12.7. The van der Waals surface area contributed by atoms with Crippen LogP contribution in [0.2, 0.25) is 0 Å². The second-order valence-electron chi connectivity index (χ2n) is 16.3. The number of hydrogen-bond donors (Lipinski definition) is 0. The van der Waals surface area contributed by atoms with Gasteiger partial charge in [-0.15, -0.1) is 0 Å². The van der Waals surface area contributed by atoms with E-state index in [1.54, 1.807) is 0 Å². The molecule has 292 valence electrons. The minimum absolute atomic E-state index is 0.803. The van der Waals surface area contributed by atoms with Gasteiger partial charge in [0.1, 0.15) is 22.3 Å². The molecule has 0 spiro atoms. The van der Waals surface area contributed by atoms with Crippen LogP contribution in [-0.2, 0) is 0 Å². The summed E-state index contributed by atoms with van der Waals surface area (Å²) in [5, 5.41) is 8.72. The number of para-hydroxylation sites is 4. The Morgan fingerprint density at radius 1 is 0.295 bits per heavy atom. The van der Waals surface area contributed by atoms with Gasteiger partial charge in [0, 0.05) is 61.2 Å². The van der Waals surface area contributed by atoms with Crippen molar-refractivity contribution in [1.82, 2.24) is 0 Å². The van der Waals surface area contributed by atoms with E-state index in [0.717, 1.165) is 111 Å². The van der Waals surface area contributed by atoms with Crippen molar-refractivity contribution in [2.45, 2.75) is 27.7 Å². The highest BCUT2D eigenvalue weighted by Gasteiger charge is 2.25. The minimum Gasteiger partial charge on any atom is -0.456 e. The Bertz CT molecular complexity index is 3730. The van der Waals surface area contributed by atoms with E-state index in [9.17, 15) is 0 Å². The topological polar surface area (TPSA) is 45.9 Å². The maximum atomic E-state index is 7.04. The zero-order valence-corrected chi connectivity index (χ0v) is 34.3. The van der Waals surface area contributed by atoms with Crippen molar-refractivity contribution in [3.63, 3.8) is 0 Å². The van der Waals surface area contributed by atoms with Crippen molar-refractivity contribution in [2.75, 3.05) is 9.80 Å². The number of fused-ring (bicyclic) bond motifs is 11. The van der Waals surface area contributed by atoms with Crippen molar-refractivity contribution in [3.05, 3.63) is 192 Å². The molecule has 0 aliphatic rings. The van der Waals surface area contributed by atoms with Crippen LogP contribution >= 0.6 is 0 Å². The second-order valence-corrected chi connectivity index (χ2v) is 16.3. The SMILES string of the molecule is Cc1ccc(N(c2ccc3c(c2)oc2cc(N(c4ccc(C)c(C)c4)c4cccc5c4oc4ccccc45)c4ccccc4c23)c2cccc3c2oc2ccccc23)cc1C. The molecule has 0 bridgehead atoms. The molecule has 0 N–H and O–H groups in total. The van der Waals surface area contributed by atoms with Gasteiger partial charge in [-0.3, -0.25) is 0 Å². The van der Waals surface area contributed by atoms with Crippen LogP contribution < -0.4 is 9.80 Å². The number of benzene rings is 9. The lowest BCUT2D eigenvalue weighted by atomic mass is 9.99. The highest BCUT2D eigenvalue weighted by molar-refractivity contribution is 6.23. The fourth-order valence-electron chi connectivity index (χ4n) is 9.32. The van der Waals surface area contributed by atoms with Gasteiger partial charge in [0.15, 0.2) is 11.2 Å². The molecule has 12 rings (SSSR count). The summed E-state index contributed by atoms with van der Waals surface area (Å²) in [6.07, 6.45) is 0. The molecular weight excluding hydrogens is 749 g/mol. The van der Waals surface area contributed by atoms with E-state index in [0.29, 0.717) is 0 Å². The largest absolute Gasteiger partial charge is 0.456 e. The molecule has 0 saturated carbocycles. The van der Waals surface area contributed by atoms with E-state index < -0.39 is 0 Å². The molecule has 0 saturated heterocycles. The summed E-state index contributed by atoms with van der Waals surface area (Å²) in [6, 6.07) is 60.2. The highest BCUT2D eigenvalue weighted by Crippen LogP contribution is 2.49. The lowest BCUT2D eigenvalue weighted by Gasteiger charge is -2.27. The number of furan rings is 3. The first kappa shape index (κ1) is 35.2. The van der Waals surface area contributed by atoms with Crippen molar-refractivity contribution in [3.8, 4) is 0 Å². The van der Waals surface area contributed by atoms with Gasteiger partial charge in [-0.1, -0.05) is 97.1 Å². The van der Waals surface area contributed by atoms with E-state index in [2.05, 4.69) is 183 Å². The van der Waals surface area contributed by atoms with Crippen LogP contribution in [0.1, 0.15) is 22.3 Å². The van der Waals surface area contributed by atoms with Crippen LogP contribution in [0.25, 0.3) is 76.6 Å². The van der Waals surface area contributed by atoms with Crippen LogP contribution in [0, 0.1) is 27.7 Å². The van der Waals surface area contributed by atoms with Crippen molar-refractivity contribution >= 4 is 111 Å². The Morgan fingerprint density at radius 2 is 0.787 bits per heavy atom. The third kappa shape index (κ3) is 5.40. The number of nitrogens with zero attached hydrogens (tertiary/aromatic N) is 2. The van der Waals surface area contributed by atoms with Gasteiger partial charge >= 0.3 is 0 Å². The monoisotopic (exact) mass is 788 g/mol. The minimum atomic E-state index is 0.803. The number of aryl methyl sites for hydroxylation is 4. The Kier molecular flexibility index (Phi) is 7.72. The summed E-state index contributed by atoms with van der Waals surface area (Å²) in [7, 11) is 0. The molecule has 0 aliphatic heterocycles. The smallest absolute Gasteiger partial charge is 0.159 e. The van der Waals surface area contributed by atoms with Gasteiger partial charge in [-0.25, -0.2) is 0 Å². The van der Waals surface area contributed by atoms with E-state index in [4.69, 9.17) is 13.3 Å². The first-order valence-electron chi connectivity index (χ1n) is 20.8. The molecule has 5 heteroatoms. The summed E-state index contributed by atoms with van der Waals surface area (Å²) >= 11 is 0. The van der Waals surface area contributed by atoms with Gasteiger partial charge in [0.05, 0.1) is 22.7 Å². The number of anilines is 6. The molecule has 61 heavy (non-hydrogen) atoms. The van der Waals surface area contributed by atoms with Crippen LogP contribution in [0.15, 0.2) is 183 Å². The summed E-state index contributed by atoms with van der Waals surface area (Å²) in [6.45, 7) is 8.65. The average Bonchev–Trinajstić information content (AvgIpc) is 3.98. The molecule has 3 aromatic heterocycles. The van der Waals surface area contributed by atoms with E-state index >= 15 is 0 Å². The molecule has 9 aromatic carbocycles. The zero-order chi connectivity index (χ0) is 40.9. The normalized spacial score (nSPS) is 11.9. The molecule has 0 radical (unpaired) electrons. The van der Waals surface area contributed by atoms with Crippen LogP contribution in [0.4, 0.5) is 34.1 Å². The summed E-state index contributed by atoms with van der Waals surface area (Å²) in [5.74, 6) is 0. The second kappa shape index (κ2) is 13.4. The molecule has 0 atom stereocenters. The highest BCUT2D eigenvalue weighted by atomic mass is 16.3. The molecule has 5 nitrogen and oxygen atoms in total. The first-order valence-corrected chi connectivity index (χ1v) is 20.8. The Morgan fingerprint density at radius 3 is 1.39 bits per heavy atom. The maximum Gasteiger partial charge on any atom is 0.159 e. The number of hydrogen-bond acceptors (Lipinski definition) is 5. The average molecular weight is 789 g/mol. The predicted molar refractivity (Wildman–Crippen MR) is 254 cm³/mol. The lowest BCUT2D eigenvalue weighted by molar-refractivity contribution is 0.667. The van der Waals surface area contributed by atoms with Gasteiger partial charge in [0.25, 0.3) is 0 Å². The molecule has 0 unspecified atom stereocenters. The van der Waals surface area contributed by atoms with Crippen molar-refractivity contribution in [2.24, 2.45) is 0 Å². The zero-order valence-electron chi connectivity index (χ0n) is 34.3. The Balaban J connectivity index is 1.10. The molecule has 0 amide bonds. The standard InChI is InChI=1S/C56H40N2O3/c1-33-23-25-37(29-35(33)3)57(47-19-11-17-44-41-14-7-9-21-50(41)60-55(44)47)39-27-28-46-52(31-39)59-53-32-49(40-13-5-6-16-43(40)54(46)53)58(38-26-24-34(2)36(4)30-38)48-20-12-18-45-42-15-8-10-22-51(42)61-56(45)48/h5-32H,1-4H3. The summed E-state index contributed by atoms with van der Waals surface area (Å²) in [5.41, 5.74) is 15.9. The van der Waals surface area contributed by atoms with Crippen molar-refractivity contribution in [1.29, 1.82) is 0 Å². The Labute approximate surface area is 352 Å². The molecule has 0 fully saturated rings. The molecule has 12 aromatic rings. The van der Waals surface area contributed by atoms with Crippen LogP contribution in [0.5, 0.6) is 0 Å². The maximum absolute atomic E-state index is 7.04. The van der Waals surface area contributed by atoms with Gasteiger partial charge in [0.2, 0.25) is 0 Å². The van der Waals surface area contributed by atoms with Crippen LogP contribution in [-0.4, -0.2) is 0 Å². The predicted octanol–water partition coefficient (Wildman–Crippen LogP) is 16.7. The third-order valence-electron chi connectivity index (χ3n) is 12.7. The fourth-order valence-corrected chi connectivity index (χ4v) is 9.32. The van der Waals surface area contributed by atoms with E-state index in [-0.39, 0.29) is 0 Å². The summed E-state index contributed by atoms with van der Waals surface area (Å²) in [4.78, 5) is 4.63. The molecule has 3 heterocycles. The van der Waals surface area contributed by atoms with Gasteiger partial charge < -0.3 is 23.1 Å². The van der Waals surface area contributed by atoms with Crippen molar-refractivity contribution < 1.29 is 13.3 Å². The molecule has 0 aliphatic carbocycles.